The SMILES string of the molecule is O=C(Cc1ccc(Cl)c(Cl)c1)Nc1ccc(-c2ccc(C(O)(C(F)(F)F)C(F)(F)F)cc2F)cc1. The second-order valence-corrected chi connectivity index (χ2v) is 8.27. The summed E-state index contributed by atoms with van der Waals surface area (Å²) in [5, 5.41) is 12.6. The Labute approximate surface area is 204 Å². The number of halogens is 9. The molecule has 0 aliphatic heterocycles. The fourth-order valence-corrected chi connectivity index (χ4v) is 3.56. The first-order valence-electron chi connectivity index (χ1n) is 9.63. The summed E-state index contributed by atoms with van der Waals surface area (Å²) in [4.78, 5) is 12.2. The predicted octanol–water partition coefficient (Wildman–Crippen LogP) is 7.29. The van der Waals surface area contributed by atoms with Gasteiger partial charge in [-0.1, -0.05) is 53.5 Å². The third kappa shape index (κ3) is 5.55. The first-order valence-corrected chi connectivity index (χ1v) is 10.4. The lowest BCUT2D eigenvalue weighted by Gasteiger charge is -2.32. The summed E-state index contributed by atoms with van der Waals surface area (Å²) in [6.45, 7) is 0. The molecule has 0 saturated heterocycles. The van der Waals surface area contributed by atoms with Crippen LogP contribution in [0.4, 0.5) is 36.4 Å². The lowest BCUT2D eigenvalue weighted by molar-refractivity contribution is -0.376. The number of anilines is 1. The lowest BCUT2D eigenvalue weighted by atomic mass is 9.90. The van der Waals surface area contributed by atoms with Gasteiger partial charge in [-0.3, -0.25) is 4.79 Å². The normalized spacial score (nSPS) is 12.5. The third-order valence-corrected chi connectivity index (χ3v) is 5.77. The summed E-state index contributed by atoms with van der Waals surface area (Å²) < 4.78 is 92.7. The van der Waals surface area contributed by atoms with Crippen molar-refractivity contribution in [1.29, 1.82) is 0 Å². The minimum atomic E-state index is -6.13. The molecule has 186 valence electrons. The van der Waals surface area contributed by atoms with Crippen molar-refractivity contribution in [3.63, 3.8) is 0 Å². The van der Waals surface area contributed by atoms with Crippen molar-refractivity contribution in [2.75, 3.05) is 5.32 Å². The van der Waals surface area contributed by atoms with Crippen LogP contribution in [-0.4, -0.2) is 23.4 Å². The highest BCUT2D eigenvalue weighted by molar-refractivity contribution is 6.42. The largest absolute Gasteiger partial charge is 0.430 e. The maximum absolute atomic E-state index is 14.5. The smallest absolute Gasteiger partial charge is 0.369 e. The molecule has 0 saturated carbocycles. The predicted molar refractivity (Wildman–Crippen MR) is 117 cm³/mol. The fourth-order valence-electron chi connectivity index (χ4n) is 3.24. The fraction of sp³-hybridized carbons (Fsp3) is 0.174. The van der Waals surface area contributed by atoms with E-state index in [4.69, 9.17) is 23.2 Å². The van der Waals surface area contributed by atoms with Gasteiger partial charge >= 0.3 is 12.4 Å². The van der Waals surface area contributed by atoms with Crippen LogP contribution in [0, 0.1) is 5.82 Å². The van der Waals surface area contributed by atoms with Crippen LogP contribution < -0.4 is 5.32 Å². The van der Waals surface area contributed by atoms with Crippen LogP contribution in [0.15, 0.2) is 60.7 Å². The molecule has 1 amide bonds. The van der Waals surface area contributed by atoms with Crippen molar-refractivity contribution in [3.05, 3.63) is 87.7 Å². The van der Waals surface area contributed by atoms with Gasteiger partial charge in [-0.2, -0.15) is 26.3 Å². The van der Waals surface area contributed by atoms with Gasteiger partial charge in [0.2, 0.25) is 5.91 Å². The Bertz CT molecular complexity index is 1230. The Morgan fingerprint density at radius 1 is 0.829 bits per heavy atom. The summed E-state index contributed by atoms with van der Waals surface area (Å²) in [5.74, 6) is -1.82. The number of benzene rings is 3. The van der Waals surface area contributed by atoms with Crippen molar-refractivity contribution in [2.24, 2.45) is 0 Å². The average Bonchev–Trinajstić information content (AvgIpc) is 2.74. The third-order valence-electron chi connectivity index (χ3n) is 5.04. The van der Waals surface area contributed by atoms with Gasteiger partial charge in [0.15, 0.2) is 0 Å². The molecule has 2 N–H and O–H groups in total. The summed E-state index contributed by atoms with van der Waals surface area (Å²) in [6, 6.07) is 11.1. The van der Waals surface area contributed by atoms with Crippen molar-refractivity contribution >= 4 is 34.8 Å². The number of amides is 1. The van der Waals surface area contributed by atoms with E-state index in [0.717, 1.165) is 0 Å². The van der Waals surface area contributed by atoms with Gasteiger partial charge in [0.05, 0.1) is 16.5 Å². The number of aliphatic hydroxyl groups is 1. The highest BCUT2D eigenvalue weighted by Gasteiger charge is 2.71. The van der Waals surface area contributed by atoms with E-state index in [1.165, 1.54) is 36.4 Å². The van der Waals surface area contributed by atoms with Crippen molar-refractivity contribution in [3.8, 4) is 11.1 Å². The second-order valence-electron chi connectivity index (χ2n) is 7.45. The zero-order chi connectivity index (χ0) is 26.2. The molecule has 0 bridgehead atoms. The average molecular weight is 540 g/mol. The molecule has 0 aromatic heterocycles. The number of carbonyl (C=O) groups is 1. The van der Waals surface area contributed by atoms with E-state index in [2.05, 4.69) is 5.32 Å². The van der Waals surface area contributed by atoms with E-state index < -0.39 is 35.2 Å². The zero-order valence-electron chi connectivity index (χ0n) is 17.2. The summed E-state index contributed by atoms with van der Waals surface area (Å²) in [6.07, 6.45) is -12.3. The molecule has 3 rings (SSSR count). The van der Waals surface area contributed by atoms with E-state index in [9.17, 15) is 40.6 Å². The highest BCUT2D eigenvalue weighted by atomic mass is 35.5. The van der Waals surface area contributed by atoms with E-state index in [1.54, 1.807) is 6.07 Å². The number of alkyl halides is 6. The Morgan fingerprint density at radius 2 is 1.43 bits per heavy atom. The summed E-state index contributed by atoms with van der Waals surface area (Å²) in [7, 11) is 0. The van der Waals surface area contributed by atoms with Crippen LogP contribution in [0.3, 0.4) is 0 Å². The van der Waals surface area contributed by atoms with Gasteiger partial charge in [-0.25, -0.2) is 4.39 Å². The molecule has 35 heavy (non-hydrogen) atoms. The lowest BCUT2D eigenvalue weighted by Crippen LogP contribution is -2.53. The van der Waals surface area contributed by atoms with E-state index in [0.29, 0.717) is 28.4 Å². The van der Waals surface area contributed by atoms with Crippen LogP contribution in [0.1, 0.15) is 11.1 Å². The van der Waals surface area contributed by atoms with E-state index >= 15 is 0 Å². The van der Waals surface area contributed by atoms with Gasteiger partial charge in [0.1, 0.15) is 5.82 Å². The van der Waals surface area contributed by atoms with Crippen molar-refractivity contribution in [2.45, 2.75) is 24.4 Å². The zero-order valence-corrected chi connectivity index (χ0v) is 18.7. The van der Waals surface area contributed by atoms with Gasteiger partial charge in [0.25, 0.3) is 5.60 Å². The van der Waals surface area contributed by atoms with E-state index in [1.807, 2.05) is 0 Å². The Morgan fingerprint density at radius 3 is 1.94 bits per heavy atom. The maximum atomic E-state index is 14.5. The molecule has 0 fully saturated rings. The van der Waals surface area contributed by atoms with E-state index in [-0.39, 0.29) is 28.6 Å². The van der Waals surface area contributed by atoms with Crippen LogP contribution in [-0.2, 0) is 16.8 Å². The number of nitrogens with one attached hydrogen (secondary N) is 1. The molecule has 3 nitrogen and oxygen atoms in total. The molecule has 0 aliphatic carbocycles. The van der Waals surface area contributed by atoms with Gasteiger partial charge < -0.3 is 10.4 Å². The summed E-state index contributed by atoms with van der Waals surface area (Å²) in [5.41, 5.74) is -6.24. The van der Waals surface area contributed by atoms with Crippen LogP contribution in [0.2, 0.25) is 10.0 Å². The number of rotatable bonds is 5. The number of hydrogen-bond donors (Lipinski definition) is 2. The van der Waals surface area contributed by atoms with Gasteiger partial charge in [0, 0.05) is 16.8 Å². The van der Waals surface area contributed by atoms with Crippen LogP contribution >= 0.6 is 23.2 Å². The first kappa shape index (κ1) is 26.8. The molecule has 0 aliphatic rings. The summed E-state index contributed by atoms with van der Waals surface area (Å²) >= 11 is 11.7. The quantitative estimate of drug-likeness (QED) is 0.334. The maximum Gasteiger partial charge on any atom is 0.430 e. The molecular weight excluding hydrogens is 526 g/mol. The van der Waals surface area contributed by atoms with Gasteiger partial charge in [-0.05, 0) is 41.5 Å². The number of hydrogen-bond acceptors (Lipinski definition) is 2. The molecule has 12 heteroatoms. The molecule has 3 aromatic rings. The van der Waals surface area contributed by atoms with Crippen LogP contribution in [0.5, 0.6) is 0 Å². The molecule has 3 aromatic carbocycles. The van der Waals surface area contributed by atoms with Crippen molar-refractivity contribution < 1.29 is 40.6 Å². The standard InChI is InChI=1S/C23H14Cl2F7NO2/c24-17-8-1-12(9-18(17)25)10-20(34)33-15-5-2-13(3-6-15)16-7-4-14(11-19(16)26)21(35,22(27,28)29)23(30,31)32/h1-9,11,35H,10H2,(H,33,34). The molecule has 0 unspecified atom stereocenters. The molecular formula is C23H14Cl2F7NO2. The number of carbonyl (C=O) groups excluding carboxylic acids is 1. The second kappa shape index (κ2) is 9.67. The van der Waals surface area contributed by atoms with Gasteiger partial charge in [-0.15, -0.1) is 0 Å². The molecule has 0 heterocycles. The molecule has 0 spiro atoms. The molecule has 0 atom stereocenters. The monoisotopic (exact) mass is 539 g/mol. The van der Waals surface area contributed by atoms with Crippen LogP contribution in [0.25, 0.3) is 11.1 Å². The first-order chi connectivity index (χ1) is 16.1. The Hall–Kier alpha value is -2.82. The Kier molecular flexibility index (Phi) is 7.40. The minimum Gasteiger partial charge on any atom is -0.369 e. The minimum absolute atomic E-state index is 0.0107. The Balaban J connectivity index is 1.79. The molecule has 0 radical (unpaired) electrons. The van der Waals surface area contributed by atoms with Crippen molar-refractivity contribution in [1.82, 2.24) is 0 Å². The topological polar surface area (TPSA) is 49.3 Å². The highest BCUT2D eigenvalue weighted by Crippen LogP contribution is 2.50.